The number of nitrogens with zero attached hydrogens (tertiary/aromatic N) is 4. The second-order valence-corrected chi connectivity index (χ2v) is 9.65. The molecule has 1 saturated heterocycles. The van der Waals surface area contributed by atoms with Crippen LogP contribution >= 0.6 is 23.1 Å². The average molecular weight is 515 g/mol. The van der Waals surface area contributed by atoms with E-state index >= 15 is 0 Å². The number of thiazole rings is 1. The Balaban J connectivity index is 1.36. The zero-order chi connectivity index (χ0) is 24.7. The van der Waals surface area contributed by atoms with E-state index in [2.05, 4.69) is 15.5 Å². The molecule has 35 heavy (non-hydrogen) atoms. The van der Waals surface area contributed by atoms with Gasteiger partial charge in [-0.25, -0.2) is 9.55 Å². The second-order valence-electron chi connectivity index (χ2n) is 7.65. The third kappa shape index (κ3) is 4.10. The molecule has 3 aromatic heterocycles. The summed E-state index contributed by atoms with van der Waals surface area (Å²) < 4.78 is 7.15. The molecule has 5 heterocycles. The Morgan fingerprint density at radius 2 is 2.29 bits per heavy atom. The highest BCUT2D eigenvalue weighted by atomic mass is 32.2. The lowest BCUT2D eigenvalue weighted by atomic mass is 10.0. The summed E-state index contributed by atoms with van der Waals surface area (Å²) in [6, 6.07) is 2.64. The summed E-state index contributed by atoms with van der Waals surface area (Å²) in [5, 5.41) is 20.4. The van der Waals surface area contributed by atoms with Crippen LogP contribution in [0.2, 0.25) is 0 Å². The molecule has 0 bridgehead atoms. The van der Waals surface area contributed by atoms with Gasteiger partial charge in [-0.3, -0.25) is 14.5 Å². The molecule has 0 aromatic carbocycles. The topological polar surface area (TPSA) is 167 Å². The first-order chi connectivity index (χ1) is 16.9. The van der Waals surface area contributed by atoms with E-state index in [1.165, 1.54) is 18.9 Å². The molecule has 14 heteroatoms. The number of thioether (sulfide) groups is 1. The van der Waals surface area contributed by atoms with Crippen LogP contribution in [0.4, 0.5) is 5.13 Å². The van der Waals surface area contributed by atoms with Crippen molar-refractivity contribution in [2.45, 2.75) is 18.0 Å². The van der Waals surface area contributed by atoms with E-state index in [4.69, 9.17) is 15.0 Å². The van der Waals surface area contributed by atoms with Crippen molar-refractivity contribution in [1.82, 2.24) is 15.2 Å². The fourth-order valence-corrected chi connectivity index (χ4v) is 5.85. The number of hydrogen-bond donors (Lipinski definition) is 2. The van der Waals surface area contributed by atoms with Crippen molar-refractivity contribution in [2.75, 3.05) is 18.6 Å². The molecule has 12 nitrogen and oxygen atoms in total. The van der Waals surface area contributed by atoms with E-state index in [1.807, 2.05) is 10.8 Å². The Bertz CT molecular complexity index is 1410. The Kier molecular flexibility index (Phi) is 5.90. The minimum atomic E-state index is -1.45. The lowest BCUT2D eigenvalue weighted by Gasteiger charge is -2.50. The molecule has 1 fully saturated rings. The number of β-lactam (4-membered cyclic amide) rings is 1. The Hall–Kier alpha value is -3.91. The molecule has 0 saturated carbocycles. The van der Waals surface area contributed by atoms with Crippen molar-refractivity contribution >= 4 is 62.7 Å². The Labute approximate surface area is 206 Å². The van der Waals surface area contributed by atoms with Crippen molar-refractivity contribution in [3.8, 4) is 0 Å². The molecule has 2 amide bonds. The molecule has 3 aromatic rings. The monoisotopic (exact) mass is 514 g/mol. The van der Waals surface area contributed by atoms with Crippen molar-refractivity contribution in [2.24, 2.45) is 5.16 Å². The Morgan fingerprint density at radius 1 is 1.46 bits per heavy atom. The van der Waals surface area contributed by atoms with Crippen LogP contribution in [0.5, 0.6) is 0 Å². The van der Waals surface area contributed by atoms with Crippen molar-refractivity contribution in [1.29, 1.82) is 0 Å². The SMILES string of the molecule is CO/N=C(\C(=O)NC1C(=O)N2C(C(=O)[O-])=C(C[n+]3ccc4occc4c3)CS[C@H]12)c1csc(N)n1. The number of oxime groups is 1. The van der Waals surface area contributed by atoms with Gasteiger partial charge in [-0.15, -0.1) is 23.1 Å². The molecule has 0 spiro atoms. The van der Waals surface area contributed by atoms with Crippen LogP contribution in [-0.2, 0) is 25.8 Å². The van der Waals surface area contributed by atoms with E-state index in [1.54, 1.807) is 30.0 Å². The molecule has 180 valence electrons. The van der Waals surface area contributed by atoms with Crippen LogP contribution in [0.3, 0.4) is 0 Å². The number of nitrogens with two attached hydrogens (primary N) is 1. The van der Waals surface area contributed by atoms with E-state index in [-0.39, 0.29) is 28.8 Å². The number of aromatic nitrogens is 2. The number of anilines is 1. The molecule has 1 unspecified atom stereocenters. The summed E-state index contributed by atoms with van der Waals surface area (Å²) in [6.07, 6.45) is 5.17. The third-order valence-corrected chi connectivity index (χ3v) is 7.53. The van der Waals surface area contributed by atoms with Gasteiger partial charge in [-0.05, 0) is 6.07 Å². The van der Waals surface area contributed by atoms with Gasteiger partial charge in [0.15, 0.2) is 29.8 Å². The predicted molar refractivity (Wildman–Crippen MR) is 124 cm³/mol. The number of nitrogens with one attached hydrogen (secondary N) is 1. The zero-order valence-electron chi connectivity index (χ0n) is 18.2. The summed E-state index contributed by atoms with van der Waals surface area (Å²) in [5.41, 5.74) is 6.75. The molecule has 5 rings (SSSR count). The van der Waals surface area contributed by atoms with Crippen molar-refractivity contribution in [3.05, 3.63) is 53.1 Å². The van der Waals surface area contributed by atoms with E-state index in [9.17, 15) is 19.5 Å². The van der Waals surface area contributed by atoms with Crippen molar-refractivity contribution in [3.63, 3.8) is 0 Å². The van der Waals surface area contributed by atoms with Gasteiger partial charge in [0.1, 0.15) is 29.8 Å². The number of rotatable bonds is 7. The molecule has 2 aliphatic heterocycles. The highest BCUT2D eigenvalue weighted by Crippen LogP contribution is 2.40. The van der Waals surface area contributed by atoms with E-state index < -0.39 is 29.2 Å². The van der Waals surface area contributed by atoms with Gasteiger partial charge in [-0.2, -0.15) is 0 Å². The maximum absolute atomic E-state index is 13.0. The summed E-state index contributed by atoms with van der Waals surface area (Å²) >= 11 is 2.47. The lowest BCUT2D eigenvalue weighted by molar-refractivity contribution is -0.687. The molecule has 3 N–H and O–H groups in total. The van der Waals surface area contributed by atoms with Gasteiger partial charge >= 0.3 is 0 Å². The van der Waals surface area contributed by atoms with Gasteiger partial charge in [0.05, 0.1) is 23.3 Å². The minimum absolute atomic E-state index is 0.144. The molecular formula is C21H18N6O6S2. The number of carboxylic acid groups (broad SMARTS) is 1. The number of pyridine rings is 1. The van der Waals surface area contributed by atoms with Gasteiger partial charge in [0.2, 0.25) is 0 Å². The smallest absolute Gasteiger partial charge is 0.276 e. The minimum Gasteiger partial charge on any atom is -0.543 e. The van der Waals surface area contributed by atoms with Crippen LogP contribution in [0, 0.1) is 0 Å². The molecule has 0 aliphatic carbocycles. The number of carbonyl (C=O) groups is 3. The lowest BCUT2D eigenvalue weighted by Crippen LogP contribution is -2.71. The first kappa shape index (κ1) is 22.9. The fraction of sp³-hybridized carbons (Fsp3) is 0.238. The van der Waals surface area contributed by atoms with Gasteiger partial charge < -0.3 is 30.2 Å². The summed E-state index contributed by atoms with van der Waals surface area (Å²) in [6.45, 7) is 0.251. The van der Waals surface area contributed by atoms with E-state index in [0.717, 1.165) is 21.6 Å². The number of amides is 2. The fourth-order valence-electron chi connectivity index (χ4n) is 3.97. The third-order valence-electron chi connectivity index (χ3n) is 5.51. The standard InChI is InChI=1S/C21H18N6O6S2/c1-32-25-14(12-9-35-21(22)23-12)17(28)24-15-18(29)27-16(20(30)31)11(8-34-19(15)27)7-26-4-2-13-10(6-26)3-5-33-13/h2-6,9,15,19H,7-8H2,1H3,(H3-,22,23,24,28,30,31)/b25-14-/t15?,19-/m1/s1. The van der Waals surface area contributed by atoms with Crippen molar-refractivity contribution < 1.29 is 33.3 Å². The molecule has 2 aliphatic rings. The van der Waals surface area contributed by atoms with Crippen LogP contribution in [0.25, 0.3) is 11.0 Å². The van der Waals surface area contributed by atoms with Crippen LogP contribution in [-0.4, -0.2) is 57.7 Å². The highest BCUT2D eigenvalue weighted by Gasteiger charge is 2.53. The Morgan fingerprint density at radius 3 is 3.00 bits per heavy atom. The summed E-state index contributed by atoms with van der Waals surface area (Å²) in [4.78, 5) is 47.8. The molecule has 2 atom stereocenters. The molecule has 0 radical (unpaired) electrons. The van der Waals surface area contributed by atoms with Crippen LogP contribution in [0.1, 0.15) is 5.69 Å². The first-order valence-electron chi connectivity index (χ1n) is 10.2. The maximum atomic E-state index is 13.0. The predicted octanol–water partition coefficient (Wildman–Crippen LogP) is -0.786. The van der Waals surface area contributed by atoms with Gasteiger partial charge in [-0.1, -0.05) is 5.16 Å². The molecular weight excluding hydrogens is 496 g/mol. The zero-order valence-corrected chi connectivity index (χ0v) is 19.8. The number of hydrogen-bond acceptors (Lipinski definition) is 11. The number of furan rings is 1. The van der Waals surface area contributed by atoms with Crippen LogP contribution in [0.15, 0.2) is 57.0 Å². The quantitative estimate of drug-likeness (QED) is 0.178. The number of carboxylic acids is 1. The number of fused-ring (bicyclic) bond motifs is 2. The van der Waals surface area contributed by atoms with E-state index in [0.29, 0.717) is 16.9 Å². The number of carbonyl (C=O) groups excluding carboxylic acids is 3. The largest absolute Gasteiger partial charge is 0.543 e. The van der Waals surface area contributed by atoms with Crippen LogP contribution < -0.4 is 20.7 Å². The average Bonchev–Trinajstić information content (AvgIpc) is 3.48. The summed E-state index contributed by atoms with van der Waals surface area (Å²) in [7, 11) is 1.27. The number of nitrogen functional groups attached to an aromatic ring is 1. The number of aliphatic carboxylic acids is 1. The second kappa shape index (κ2) is 9.03. The normalized spacial score (nSPS) is 20.0. The van der Waals surface area contributed by atoms with Gasteiger partial charge in [0, 0.05) is 22.8 Å². The maximum Gasteiger partial charge on any atom is 0.276 e. The first-order valence-corrected chi connectivity index (χ1v) is 12.2. The van der Waals surface area contributed by atoms with Gasteiger partial charge in [0.25, 0.3) is 11.8 Å². The summed E-state index contributed by atoms with van der Waals surface area (Å²) in [5.74, 6) is -2.36. The highest BCUT2D eigenvalue weighted by molar-refractivity contribution is 8.00.